The molecule has 0 bridgehead atoms. The minimum Gasteiger partial charge on any atom is -0.357 e. The second-order valence-electron chi connectivity index (χ2n) is 7.11. The third-order valence-electron chi connectivity index (χ3n) is 5.24. The number of guanidine groups is 1. The molecule has 0 saturated carbocycles. The highest BCUT2D eigenvalue weighted by Gasteiger charge is 2.23. The van der Waals surface area contributed by atoms with Crippen molar-refractivity contribution in [2.24, 2.45) is 4.99 Å². The lowest BCUT2D eigenvalue weighted by Gasteiger charge is -2.34. The first kappa shape index (κ1) is 22.8. The van der Waals surface area contributed by atoms with Crippen LogP contribution in [0, 0.1) is 0 Å². The summed E-state index contributed by atoms with van der Waals surface area (Å²) in [6.45, 7) is 9.59. The molecule has 1 unspecified atom stereocenters. The highest BCUT2D eigenvalue weighted by molar-refractivity contribution is 7.99. The zero-order valence-corrected chi connectivity index (χ0v) is 18.6. The Balaban J connectivity index is 1.77. The normalized spacial score (nSPS) is 23.3. The molecule has 2 aliphatic heterocycles. The maximum atomic E-state index is 12.4. The molecule has 0 spiro atoms. The summed E-state index contributed by atoms with van der Waals surface area (Å²) in [7, 11) is -3.18. The summed E-state index contributed by atoms with van der Waals surface area (Å²) in [4.78, 5) is 7.20. The van der Waals surface area contributed by atoms with Gasteiger partial charge in [-0.3, -0.25) is 9.89 Å². The molecule has 0 amide bonds. The first-order chi connectivity index (χ1) is 13.1. The van der Waals surface area contributed by atoms with Crippen LogP contribution in [-0.2, 0) is 10.0 Å². The lowest BCUT2D eigenvalue weighted by molar-refractivity contribution is 0.148. The summed E-state index contributed by atoms with van der Waals surface area (Å²) in [5, 5.41) is 6.41. The molecule has 7 nitrogen and oxygen atoms in total. The summed E-state index contributed by atoms with van der Waals surface area (Å²) in [5.74, 6) is 2.62. The van der Waals surface area contributed by atoms with Gasteiger partial charge in [0.25, 0.3) is 0 Å². The second-order valence-corrected chi connectivity index (χ2v) is 10.4. The summed E-state index contributed by atoms with van der Waals surface area (Å²) >= 11 is 1.82. The zero-order valence-electron chi connectivity index (χ0n) is 17.0. The number of thioether (sulfide) groups is 1. The van der Waals surface area contributed by atoms with Gasteiger partial charge in [0.1, 0.15) is 0 Å². The van der Waals surface area contributed by atoms with Crippen molar-refractivity contribution in [3.8, 4) is 0 Å². The van der Waals surface area contributed by atoms with Crippen LogP contribution in [-0.4, -0.2) is 92.7 Å². The highest BCUT2D eigenvalue weighted by atomic mass is 32.2. The molecule has 0 aliphatic carbocycles. The van der Waals surface area contributed by atoms with Gasteiger partial charge in [0.05, 0.1) is 12.3 Å². The Hall–Kier alpha value is -0.510. The smallest absolute Gasteiger partial charge is 0.215 e. The van der Waals surface area contributed by atoms with Crippen LogP contribution in [0.1, 0.15) is 39.5 Å². The predicted molar refractivity (Wildman–Crippen MR) is 116 cm³/mol. The Morgan fingerprint density at radius 3 is 2.63 bits per heavy atom. The van der Waals surface area contributed by atoms with Gasteiger partial charge in [-0.2, -0.15) is 11.8 Å². The Labute approximate surface area is 169 Å². The van der Waals surface area contributed by atoms with Gasteiger partial charge in [0.2, 0.25) is 10.0 Å². The topological polar surface area (TPSA) is 77.0 Å². The third-order valence-corrected chi connectivity index (χ3v) is 8.05. The van der Waals surface area contributed by atoms with Crippen molar-refractivity contribution in [2.45, 2.75) is 45.6 Å². The van der Waals surface area contributed by atoms with E-state index in [4.69, 9.17) is 0 Å². The number of sulfonamides is 1. The lowest BCUT2D eigenvalue weighted by Crippen LogP contribution is -2.44. The van der Waals surface area contributed by atoms with Gasteiger partial charge in [0.15, 0.2) is 5.96 Å². The van der Waals surface area contributed by atoms with E-state index in [0.717, 1.165) is 31.1 Å². The molecule has 1 atom stereocenters. The molecule has 158 valence electrons. The van der Waals surface area contributed by atoms with Crippen LogP contribution >= 0.6 is 11.8 Å². The molecule has 9 heteroatoms. The lowest BCUT2D eigenvalue weighted by atomic mass is 10.0. The Morgan fingerprint density at radius 1 is 1.15 bits per heavy atom. The summed E-state index contributed by atoms with van der Waals surface area (Å²) < 4.78 is 26.5. The van der Waals surface area contributed by atoms with Crippen LogP contribution < -0.4 is 10.6 Å². The van der Waals surface area contributed by atoms with Gasteiger partial charge >= 0.3 is 0 Å². The van der Waals surface area contributed by atoms with Crippen LogP contribution in [0.2, 0.25) is 0 Å². The van der Waals surface area contributed by atoms with E-state index in [0.29, 0.717) is 31.6 Å². The minimum absolute atomic E-state index is 0.117. The average molecular weight is 420 g/mol. The summed E-state index contributed by atoms with van der Waals surface area (Å²) in [6, 6.07) is 0.692. The van der Waals surface area contributed by atoms with Crippen molar-refractivity contribution in [3.63, 3.8) is 0 Å². The maximum absolute atomic E-state index is 12.4. The van der Waals surface area contributed by atoms with E-state index in [9.17, 15) is 8.42 Å². The Bertz CT molecular complexity index is 550. The quantitative estimate of drug-likeness (QED) is 0.432. The van der Waals surface area contributed by atoms with Crippen LogP contribution in [0.25, 0.3) is 0 Å². The molecule has 2 N–H and O–H groups in total. The standard InChI is InChI=1S/C18H37N5O2S2/c1-3-17-7-5-6-10-22(17)11-8-20-18(19-4-2)21-9-16-27(24,25)23-12-14-26-15-13-23/h17H,3-16H2,1-2H3,(H2,19,20,21). The molecule has 0 aromatic carbocycles. The van der Waals surface area contributed by atoms with Gasteiger partial charge in [-0.15, -0.1) is 0 Å². The van der Waals surface area contributed by atoms with E-state index >= 15 is 0 Å². The molecule has 2 saturated heterocycles. The van der Waals surface area contributed by atoms with E-state index in [1.54, 1.807) is 4.31 Å². The van der Waals surface area contributed by atoms with Crippen molar-refractivity contribution < 1.29 is 8.42 Å². The van der Waals surface area contributed by atoms with Crippen molar-refractivity contribution in [1.82, 2.24) is 19.8 Å². The van der Waals surface area contributed by atoms with Crippen molar-refractivity contribution in [1.29, 1.82) is 0 Å². The second kappa shape index (κ2) is 12.1. The molecule has 2 rings (SSSR count). The van der Waals surface area contributed by atoms with E-state index in [2.05, 4.69) is 27.4 Å². The molecule has 2 fully saturated rings. The van der Waals surface area contributed by atoms with Crippen LogP contribution in [0.4, 0.5) is 0 Å². The van der Waals surface area contributed by atoms with Crippen molar-refractivity contribution in [3.05, 3.63) is 0 Å². The first-order valence-corrected chi connectivity index (χ1v) is 13.1. The van der Waals surface area contributed by atoms with Gasteiger partial charge in [-0.25, -0.2) is 12.7 Å². The average Bonchev–Trinajstić information content (AvgIpc) is 2.69. The predicted octanol–water partition coefficient (Wildman–Crippen LogP) is 1.18. The number of aliphatic imine (C=N–C) groups is 1. The monoisotopic (exact) mass is 419 g/mol. The number of piperidine rings is 1. The third kappa shape index (κ3) is 7.79. The fourth-order valence-electron chi connectivity index (χ4n) is 3.70. The maximum Gasteiger partial charge on any atom is 0.215 e. The van der Waals surface area contributed by atoms with E-state index in [1.165, 1.54) is 32.2 Å². The molecule has 2 aliphatic rings. The molecule has 27 heavy (non-hydrogen) atoms. The number of rotatable bonds is 9. The largest absolute Gasteiger partial charge is 0.357 e. The minimum atomic E-state index is -3.18. The number of nitrogens with zero attached hydrogens (tertiary/aromatic N) is 3. The van der Waals surface area contributed by atoms with Crippen molar-refractivity contribution in [2.75, 3.05) is 63.1 Å². The van der Waals surface area contributed by atoms with Crippen LogP contribution in [0.15, 0.2) is 4.99 Å². The van der Waals surface area contributed by atoms with Gasteiger partial charge in [-0.1, -0.05) is 13.3 Å². The van der Waals surface area contributed by atoms with Gasteiger partial charge in [0, 0.05) is 50.3 Å². The fraction of sp³-hybridized carbons (Fsp3) is 0.944. The van der Waals surface area contributed by atoms with Crippen LogP contribution in [0.3, 0.4) is 0 Å². The fourth-order valence-corrected chi connectivity index (χ4v) is 6.19. The molecular weight excluding hydrogens is 382 g/mol. The highest BCUT2D eigenvalue weighted by Crippen LogP contribution is 2.18. The molecular formula is C18H37N5O2S2. The molecule has 2 heterocycles. The van der Waals surface area contributed by atoms with Crippen LogP contribution in [0.5, 0.6) is 0 Å². The summed E-state index contributed by atoms with van der Waals surface area (Å²) in [5.41, 5.74) is 0. The molecule has 0 aromatic heterocycles. The Kier molecular flexibility index (Phi) is 10.2. The van der Waals surface area contributed by atoms with Crippen molar-refractivity contribution >= 4 is 27.7 Å². The van der Waals surface area contributed by atoms with Gasteiger partial charge < -0.3 is 10.6 Å². The number of nitrogens with one attached hydrogen (secondary N) is 2. The number of hydrogen-bond donors (Lipinski definition) is 2. The van der Waals surface area contributed by atoms with E-state index < -0.39 is 10.0 Å². The number of likely N-dealkylation sites (tertiary alicyclic amines) is 1. The van der Waals surface area contributed by atoms with Gasteiger partial charge in [-0.05, 0) is 32.7 Å². The molecule has 0 radical (unpaired) electrons. The first-order valence-electron chi connectivity index (χ1n) is 10.4. The molecule has 0 aromatic rings. The Morgan fingerprint density at radius 2 is 1.93 bits per heavy atom. The number of hydrogen-bond acceptors (Lipinski definition) is 5. The zero-order chi connectivity index (χ0) is 19.5. The van der Waals surface area contributed by atoms with E-state index in [1.807, 2.05) is 18.7 Å². The SMILES string of the molecule is CCNC(=NCCN1CCCCC1CC)NCCS(=O)(=O)N1CCSCC1. The van der Waals surface area contributed by atoms with E-state index in [-0.39, 0.29) is 5.75 Å². The summed E-state index contributed by atoms with van der Waals surface area (Å²) in [6.07, 6.45) is 5.12.